The van der Waals surface area contributed by atoms with Crippen LogP contribution in [0.5, 0.6) is 0 Å². The van der Waals surface area contributed by atoms with Gasteiger partial charge in [-0.2, -0.15) is 0 Å². The van der Waals surface area contributed by atoms with Gasteiger partial charge in [-0.25, -0.2) is 0 Å². The first-order valence-electron chi connectivity index (χ1n) is 6.40. The summed E-state index contributed by atoms with van der Waals surface area (Å²) in [5.74, 6) is 0.204. The topological polar surface area (TPSA) is 43.1 Å². The minimum Gasteiger partial charge on any atom is -0.325 e. The molecule has 0 bridgehead atoms. The lowest BCUT2D eigenvalue weighted by atomic mass is 9.88. The van der Waals surface area contributed by atoms with Crippen LogP contribution in [0.25, 0.3) is 0 Å². The predicted molar refractivity (Wildman–Crippen MR) is 70.2 cm³/mol. The summed E-state index contributed by atoms with van der Waals surface area (Å²) in [5.41, 5.74) is 9.06. The molecule has 0 aliphatic heterocycles. The van der Waals surface area contributed by atoms with Gasteiger partial charge in [0.25, 0.3) is 0 Å². The van der Waals surface area contributed by atoms with Crippen LogP contribution in [0.1, 0.15) is 53.6 Å². The maximum atomic E-state index is 12.3. The fourth-order valence-corrected chi connectivity index (χ4v) is 2.71. The maximum Gasteiger partial charge on any atom is 0.164 e. The average Bonchev–Trinajstić information content (AvgIpc) is 2.68. The summed E-state index contributed by atoms with van der Waals surface area (Å²) in [6, 6.07) is 6.04. The van der Waals surface area contributed by atoms with E-state index < -0.39 is 0 Å². The first-order valence-corrected chi connectivity index (χ1v) is 6.40. The Morgan fingerprint density at radius 2 is 1.94 bits per heavy atom. The molecule has 1 aromatic carbocycles. The van der Waals surface area contributed by atoms with Gasteiger partial charge in [-0.15, -0.1) is 0 Å². The van der Waals surface area contributed by atoms with Crippen LogP contribution in [-0.2, 0) is 0 Å². The minimum atomic E-state index is -0.243. The summed E-state index contributed by atoms with van der Waals surface area (Å²) >= 11 is 0. The third-order valence-corrected chi connectivity index (χ3v) is 3.81. The van der Waals surface area contributed by atoms with Crippen molar-refractivity contribution in [3.63, 3.8) is 0 Å². The quantitative estimate of drug-likeness (QED) is 0.812. The number of benzene rings is 1. The van der Waals surface area contributed by atoms with Crippen molar-refractivity contribution in [1.29, 1.82) is 0 Å². The van der Waals surface area contributed by atoms with E-state index in [1.165, 1.54) is 0 Å². The average molecular weight is 231 g/mol. The van der Waals surface area contributed by atoms with Crippen LogP contribution in [0.15, 0.2) is 18.2 Å². The number of aryl methyl sites for hydroxylation is 2. The molecule has 1 aliphatic carbocycles. The number of carbonyl (C=O) groups is 1. The normalized spacial score (nSPS) is 18.3. The van der Waals surface area contributed by atoms with Crippen LogP contribution >= 0.6 is 0 Å². The van der Waals surface area contributed by atoms with Crippen molar-refractivity contribution in [2.75, 3.05) is 0 Å². The summed E-state index contributed by atoms with van der Waals surface area (Å²) < 4.78 is 0. The molecule has 92 valence electrons. The molecule has 0 saturated heterocycles. The predicted octanol–water partition coefficient (Wildman–Crippen LogP) is 3.15. The Labute approximate surface area is 103 Å². The molecule has 0 spiro atoms. The van der Waals surface area contributed by atoms with Gasteiger partial charge in [0, 0.05) is 17.5 Å². The molecule has 0 atom stereocenters. The van der Waals surface area contributed by atoms with Crippen molar-refractivity contribution < 1.29 is 4.79 Å². The molecule has 2 heteroatoms. The fraction of sp³-hybridized carbons (Fsp3) is 0.533. The van der Waals surface area contributed by atoms with Gasteiger partial charge in [0.2, 0.25) is 0 Å². The number of Topliss-reactive ketones (excluding diaryl/α,β-unsaturated/α-hetero) is 1. The molecule has 2 rings (SSSR count). The largest absolute Gasteiger partial charge is 0.325 e. The SMILES string of the molecule is Cc1ccc(C)c(C(=O)CC2(N)CCCC2)c1. The van der Waals surface area contributed by atoms with Crippen molar-refractivity contribution in [2.45, 2.75) is 51.5 Å². The molecule has 0 unspecified atom stereocenters. The van der Waals surface area contributed by atoms with Crippen molar-refractivity contribution >= 4 is 5.78 Å². The van der Waals surface area contributed by atoms with E-state index in [0.717, 1.165) is 42.4 Å². The highest BCUT2D eigenvalue weighted by Crippen LogP contribution is 2.31. The molecule has 0 radical (unpaired) electrons. The molecule has 0 aromatic heterocycles. The zero-order chi connectivity index (χ0) is 12.5. The lowest BCUT2D eigenvalue weighted by Gasteiger charge is -2.22. The zero-order valence-electron chi connectivity index (χ0n) is 10.8. The van der Waals surface area contributed by atoms with Crippen molar-refractivity contribution in [1.82, 2.24) is 0 Å². The monoisotopic (exact) mass is 231 g/mol. The zero-order valence-corrected chi connectivity index (χ0v) is 10.8. The molecule has 1 saturated carbocycles. The Morgan fingerprint density at radius 3 is 2.59 bits per heavy atom. The molecule has 1 aliphatic rings. The van der Waals surface area contributed by atoms with E-state index in [9.17, 15) is 4.79 Å². The van der Waals surface area contributed by atoms with Crippen molar-refractivity contribution in [2.24, 2.45) is 5.73 Å². The van der Waals surface area contributed by atoms with Gasteiger partial charge in [-0.3, -0.25) is 4.79 Å². The second kappa shape index (κ2) is 4.61. The fourth-order valence-electron chi connectivity index (χ4n) is 2.71. The van der Waals surface area contributed by atoms with Gasteiger partial charge in [0.05, 0.1) is 0 Å². The summed E-state index contributed by atoms with van der Waals surface area (Å²) in [6.07, 6.45) is 4.80. The molecule has 1 aromatic rings. The molecule has 0 heterocycles. The Morgan fingerprint density at radius 1 is 1.29 bits per heavy atom. The standard InChI is InChI=1S/C15H21NO/c1-11-5-6-12(2)13(9-11)14(17)10-15(16)7-3-4-8-15/h5-6,9H,3-4,7-8,10,16H2,1-2H3. The first kappa shape index (κ1) is 12.3. The Bertz CT molecular complexity index is 431. The Kier molecular flexibility index (Phi) is 3.34. The second-order valence-corrected chi connectivity index (χ2v) is 5.49. The summed E-state index contributed by atoms with van der Waals surface area (Å²) in [7, 11) is 0. The number of carbonyl (C=O) groups excluding carboxylic acids is 1. The maximum absolute atomic E-state index is 12.3. The van der Waals surface area contributed by atoms with Gasteiger partial charge in [-0.05, 0) is 38.3 Å². The van der Waals surface area contributed by atoms with E-state index in [2.05, 4.69) is 0 Å². The number of nitrogens with two attached hydrogens (primary N) is 1. The molecule has 0 amide bonds. The molecular weight excluding hydrogens is 210 g/mol. The smallest absolute Gasteiger partial charge is 0.164 e. The minimum absolute atomic E-state index is 0.204. The third kappa shape index (κ3) is 2.75. The van der Waals surface area contributed by atoms with Crippen molar-refractivity contribution in [3.05, 3.63) is 34.9 Å². The molecule has 17 heavy (non-hydrogen) atoms. The molecule has 2 nitrogen and oxygen atoms in total. The lowest BCUT2D eigenvalue weighted by Crippen LogP contribution is -2.38. The van der Waals surface area contributed by atoms with Gasteiger partial charge in [0.15, 0.2) is 5.78 Å². The van der Waals surface area contributed by atoms with Crippen LogP contribution in [0.4, 0.5) is 0 Å². The number of rotatable bonds is 3. The number of hydrogen-bond donors (Lipinski definition) is 1. The van der Waals surface area contributed by atoms with E-state index >= 15 is 0 Å². The van der Waals surface area contributed by atoms with Gasteiger partial charge in [-0.1, -0.05) is 30.5 Å². The van der Waals surface area contributed by atoms with Gasteiger partial charge in [0.1, 0.15) is 0 Å². The van der Waals surface area contributed by atoms with Crippen LogP contribution < -0.4 is 5.73 Å². The molecular formula is C15H21NO. The highest BCUT2D eigenvalue weighted by Gasteiger charge is 2.32. The van der Waals surface area contributed by atoms with E-state index in [4.69, 9.17) is 5.73 Å². The van der Waals surface area contributed by atoms with E-state index in [1.54, 1.807) is 0 Å². The van der Waals surface area contributed by atoms with E-state index in [1.807, 2.05) is 32.0 Å². The lowest BCUT2D eigenvalue weighted by molar-refractivity contribution is 0.0951. The van der Waals surface area contributed by atoms with Crippen LogP contribution in [0.2, 0.25) is 0 Å². The highest BCUT2D eigenvalue weighted by molar-refractivity contribution is 5.98. The van der Waals surface area contributed by atoms with E-state index in [-0.39, 0.29) is 11.3 Å². The molecule has 1 fully saturated rings. The van der Waals surface area contributed by atoms with E-state index in [0.29, 0.717) is 6.42 Å². The van der Waals surface area contributed by atoms with Crippen LogP contribution in [-0.4, -0.2) is 11.3 Å². The second-order valence-electron chi connectivity index (χ2n) is 5.49. The van der Waals surface area contributed by atoms with Crippen molar-refractivity contribution in [3.8, 4) is 0 Å². The summed E-state index contributed by atoms with van der Waals surface area (Å²) in [5, 5.41) is 0. The molecule has 2 N–H and O–H groups in total. The van der Waals surface area contributed by atoms with Gasteiger partial charge < -0.3 is 5.73 Å². The Balaban J connectivity index is 2.17. The number of hydrogen-bond acceptors (Lipinski definition) is 2. The summed E-state index contributed by atoms with van der Waals surface area (Å²) in [4.78, 5) is 12.3. The van der Waals surface area contributed by atoms with Gasteiger partial charge >= 0.3 is 0 Å². The summed E-state index contributed by atoms with van der Waals surface area (Å²) in [6.45, 7) is 4.01. The van der Waals surface area contributed by atoms with Crippen LogP contribution in [0, 0.1) is 13.8 Å². The highest BCUT2D eigenvalue weighted by atomic mass is 16.1. The number of ketones is 1. The Hall–Kier alpha value is -1.15. The third-order valence-electron chi connectivity index (χ3n) is 3.81. The first-order chi connectivity index (χ1) is 8.00. The van der Waals surface area contributed by atoms with Crippen LogP contribution in [0.3, 0.4) is 0 Å².